The monoisotopic (exact) mass is 448 g/mol. The predicted molar refractivity (Wildman–Crippen MR) is 131 cm³/mol. The smallest absolute Gasteiger partial charge is 0.340 e. The minimum atomic E-state index is -2.74. The van der Waals surface area contributed by atoms with Crippen LogP contribution < -0.4 is 15.6 Å². The van der Waals surface area contributed by atoms with E-state index in [9.17, 15) is 4.79 Å². The molecule has 1 atom stereocenters. The van der Waals surface area contributed by atoms with Crippen LogP contribution in [-0.2, 0) is 19.3 Å². The summed E-state index contributed by atoms with van der Waals surface area (Å²) in [6.45, 7) is 7.43. The number of carbonyl (C=O) groups is 1. The number of ether oxygens (including phenoxy) is 1. The predicted octanol–water partition coefficient (Wildman–Crippen LogP) is 3.84. The van der Waals surface area contributed by atoms with Crippen LogP contribution in [0.5, 0.6) is 0 Å². The van der Waals surface area contributed by atoms with E-state index >= 15 is 0 Å². The van der Waals surface area contributed by atoms with Crippen LogP contribution in [0.1, 0.15) is 27.7 Å². The van der Waals surface area contributed by atoms with Crippen LogP contribution in [-0.4, -0.2) is 32.4 Å². The Morgan fingerprint density at radius 3 is 1.38 bits per heavy atom. The van der Waals surface area contributed by atoms with Gasteiger partial charge in [0, 0.05) is 0 Å². The maximum absolute atomic E-state index is 13.1. The van der Waals surface area contributed by atoms with E-state index in [1.807, 2.05) is 75.4 Å². The molecule has 4 nitrogen and oxygen atoms in total. The van der Waals surface area contributed by atoms with Crippen molar-refractivity contribution in [2.75, 3.05) is 7.11 Å². The Labute approximate surface area is 192 Å². The first-order chi connectivity index (χ1) is 15.2. The van der Waals surface area contributed by atoms with Crippen molar-refractivity contribution >= 4 is 29.6 Å². The summed E-state index contributed by atoms with van der Waals surface area (Å²) in [5.74, 6) is -0.457. The van der Waals surface area contributed by atoms with Crippen molar-refractivity contribution in [2.24, 2.45) is 0 Å². The summed E-state index contributed by atoms with van der Waals surface area (Å²) in [5.41, 5.74) is -1.89. The maximum Gasteiger partial charge on any atom is 0.340 e. The van der Waals surface area contributed by atoms with E-state index in [1.54, 1.807) is 6.92 Å². The lowest BCUT2D eigenvalue weighted by Crippen LogP contribution is -2.70. The van der Waals surface area contributed by atoms with E-state index in [0.717, 1.165) is 0 Å². The summed E-state index contributed by atoms with van der Waals surface area (Å²) in [6.07, 6.45) is 0. The summed E-state index contributed by atoms with van der Waals surface area (Å²) in [5, 5.41) is 3.56. The number of hydrogen-bond acceptors (Lipinski definition) is 4. The van der Waals surface area contributed by atoms with Crippen LogP contribution in [0.2, 0.25) is 6.04 Å². The van der Waals surface area contributed by atoms with Gasteiger partial charge in [0.1, 0.15) is 0 Å². The second-order valence-corrected chi connectivity index (χ2v) is 13.1. The number of carbonyl (C=O) groups excluding carboxylic acids is 1. The standard InChI is InChI=1S/C27H32O4Si/c1-26(2,3)30-31-27(4,25(28)29-5)21-32(22-15-9-6-10-16-22,23-17-11-7-12-18-23)24-19-13-8-14-20-24/h6-20H,21H2,1-5H3. The molecule has 3 rings (SSSR count). The van der Waals surface area contributed by atoms with Gasteiger partial charge >= 0.3 is 5.97 Å². The Kier molecular flexibility index (Phi) is 7.34. The van der Waals surface area contributed by atoms with Crippen molar-refractivity contribution < 1.29 is 19.3 Å². The van der Waals surface area contributed by atoms with Gasteiger partial charge in [0.2, 0.25) is 0 Å². The highest BCUT2D eigenvalue weighted by Gasteiger charge is 2.51. The second-order valence-electron chi connectivity index (χ2n) is 9.18. The first kappa shape index (κ1) is 23.9. The van der Waals surface area contributed by atoms with Crippen LogP contribution in [0, 0.1) is 0 Å². The average Bonchev–Trinajstić information content (AvgIpc) is 2.82. The molecule has 0 aliphatic carbocycles. The molecule has 0 spiro atoms. The Morgan fingerprint density at radius 2 is 1.06 bits per heavy atom. The number of esters is 1. The Balaban J connectivity index is 2.27. The van der Waals surface area contributed by atoms with E-state index < -0.39 is 25.2 Å². The largest absolute Gasteiger partial charge is 0.467 e. The molecule has 168 valence electrons. The van der Waals surface area contributed by atoms with Gasteiger partial charge in [-0.3, -0.25) is 0 Å². The van der Waals surface area contributed by atoms with Crippen molar-refractivity contribution in [3.8, 4) is 0 Å². The fourth-order valence-electron chi connectivity index (χ4n) is 4.05. The molecule has 5 heteroatoms. The highest BCUT2D eigenvalue weighted by atomic mass is 28.3. The van der Waals surface area contributed by atoms with Gasteiger partial charge in [-0.25, -0.2) is 14.6 Å². The molecular weight excluding hydrogens is 416 g/mol. The Morgan fingerprint density at radius 1 is 0.688 bits per heavy atom. The third kappa shape index (κ3) is 5.18. The normalized spacial score (nSPS) is 13.9. The zero-order valence-electron chi connectivity index (χ0n) is 19.5. The number of benzene rings is 3. The first-order valence-electron chi connectivity index (χ1n) is 10.8. The number of hydrogen-bond donors (Lipinski definition) is 0. The van der Waals surface area contributed by atoms with Gasteiger partial charge in [-0.05, 0) is 49.3 Å². The molecule has 0 fully saturated rings. The average molecular weight is 449 g/mol. The van der Waals surface area contributed by atoms with Gasteiger partial charge in [-0.1, -0.05) is 91.0 Å². The lowest BCUT2D eigenvalue weighted by Gasteiger charge is -2.40. The van der Waals surface area contributed by atoms with E-state index in [2.05, 4.69) is 36.4 Å². The van der Waals surface area contributed by atoms with Crippen molar-refractivity contribution in [1.82, 2.24) is 0 Å². The highest BCUT2D eigenvalue weighted by molar-refractivity contribution is 7.11. The quantitative estimate of drug-likeness (QED) is 0.173. The van der Waals surface area contributed by atoms with Crippen LogP contribution >= 0.6 is 0 Å². The van der Waals surface area contributed by atoms with Crippen molar-refractivity contribution in [2.45, 2.75) is 44.9 Å². The molecular formula is C27H32O4Si. The zero-order valence-corrected chi connectivity index (χ0v) is 20.5. The van der Waals surface area contributed by atoms with Crippen LogP contribution in [0.4, 0.5) is 0 Å². The molecule has 0 amide bonds. The highest BCUT2D eigenvalue weighted by Crippen LogP contribution is 2.29. The summed E-state index contributed by atoms with van der Waals surface area (Å²) in [6, 6.07) is 31.6. The minimum absolute atomic E-state index is 0.417. The summed E-state index contributed by atoms with van der Waals surface area (Å²) < 4.78 is 5.21. The molecule has 0 aliphatic rings. The second kappa shape index (κ2) is 9.82. The molecule has 0 N–H and O–H groups in total. The minimum Gasteiger partial charge on any atom is -0.467 e. The molecule has 1 unspecified atom stereocenters. The van der Waals surface area contributed by atoms with E-state index in [1.165, 1.54) is 22.7 Å². The van der Waals surface area contributed by atoms with Crippen LogP contribution in [0.25, 0.3) is 0 Å². The third-order valence-electron chi connectivity index (χ3n) is 5.50. The fourth-order valence-corrected chi connectivity index (χ4v) is 9.16. The van der Waals surface area contributed by atoms with Crippen molar-refractivity contribution in [3.63, 3.8) is 0 Å². The zero-order chi connectivity index (χ0) is 23.2. The SMILES string of the molecule is COC(=O)C(C)(C[Si](c1ccccc1)(c1ccccc1)c1ccccc1)OOC(C)(C)C. The van der Waals surface area contributed by atoms with Crippen LogP contribution in [0.3, 0.4) is 0 Å². The third-order valence-corrected chi connectivity index (χ3v) is 10.7. The number of methoxy groups -OCH3 is 1. The molecule has 0 aliphatic heterocycles. The summed E-state index contributed by atoms with van der Waals surface area (Å²) >= 11 is 0. The van der Waals surface area contributed by atoms with Crippen LogP contribution in [0.15, 0.2) is 91.0 Å². The Hall–Kier alpha value is -2.73. The molecule has 3 aromatic carbocycles. The molecule has 0 aromatic heterocycles. The molecule has 0 heterocycles. The Bertz CT molecular complexity index is 903. The van der Waals surface area contributed by atoms with Gasteiger partial charge in [0.25, 0.3) is 0 Å². The summed E-state index contributed by atoms with van der Waals surface area (Å²) in [4.78, 5) is 24.7. The molecule has 0 saturated carbocycles. The summed E-state index contributed by atoms with van der Waals surface area (Å²) in [7, 11) is -1.35. The molecule has 32 heavy (non-hydrogen) atoms. The van der Waals surface area contributed by atoms with E-state index in [-0.39, 0.29) is 0 Å². The number of rotatable bonds is 8. The van der Waals surface area contributed by atoms with E-state index in [0.29, 0.717) is 6.04 Å². The van der Waals surface area contributed by atoms with Gasteiger partial charge < -0.3 is 4.74 Å². The fraction of sp³-hybridized carbons (Fsp3) is 0.296. The van der Waals surface area contributed by atoms with Gasteiger partial charge in [0.15, 0.2) is 13.7 Å². The van der Waals surface area contributed by atoms with Gasteiger partial charge in [-0.15, -0.1) is 0 Å². The molecule has 3 aromatic rings. The van der Waals surface area contributed by atoms with Gasteiger partial charge in [-0.2, -0.15) is 0 Å². The lowest BCUT2D eigenvalue weighted by atomic mass is 10.1. The topological polar surface area (TPSA) is 44.8 Å². The maximum atomic E-state index is 13.1. The molecule has 0 bridgehead atoms. The van der Waals surface area contributed by atoms with Gasteiger partial charge in [0.05, 0.1) is 12.7 Å². The molecule has 0 radical (unpaired) electrons. The first-order valence-corrected chi connectivity index (χ1v) is 13.0. The lowest BCUT2D eigenvalue weighted by molar-refractivity contribution is -0.389. The van der Waals surface area contributed by atoms with E-state index in [4.69, 9.17) is 14.5 Å². The molecule has 0 saturated heterocycles. The van der Waals surface area contributed by atoms with Crippen molar-refractivity contribution in [1.29, 1.82) is 0 Å². The van der Waals surface area contributed by atoms with Crippen molar-refractivity contribution in [3.05, 3.63) is 91.0 Å².